The van der Waals surface area contributed by atoms with Crippen molar-refractivity contribution in [2.45, 2.75) is 24.5 Å². The number of pyridine rings is 1. The van der Waals surface area contributed by atoms with Gasteiger partial charge in [-0.1, -0.05) is 35.0 Å². The minimum Gasteiger partial charge on any atom is -0.240 e. The Kier molecular flexibility index (Phi) is 5.71. The molecule has 0 spiro atoms. The summed E-state index contributed by atoms with van der Waals surface area (Å²) in [6.07, 6.45) is -3.82. The summed E-state index contributed by atoms with van der Waals surface area (Å²) < 4.78 is 40.7. The summed E-state index contributed by atoms with van der Waals surface area (Å²) >= 11 is 4.46. The molecule has 0 saturated heterocycles. The van der Waals surface area contributed by atoms with Crippen molar-refractivity contribution >= 4 is 27.7 Å². The molecule has 0 fully saturated rings. The fourth-order valence-corrected chi connectivity index (χ4v) is 3.05. The predicted molar refractivity (Wildman–Crippen MR) is 88.1 cm³/mol. The van der Waals surface area contributed by atoms with Crippen LogP contribution in [0.3, 0.4) is 0 Å². The number of nitrogens with zero attached hydrogens (tertiary/aromatic N) is 2. The van der Waals surface area contributed by atoms with Gasteiger partial charge < -0.3 is 0 Å². The van der Waals surface area contributed by atoms with Crippen molar-refractivity contribution in [2.24, 2.45) is 0 Å². The van der Waals surface area contributed by atoms with Gasteiger partial charge in [0.1, 0.15) is 11.1 Å². The van der Waals surface area contributed by atoms with Crippen LogP contribution in [0.5, 0.6) is 0 Å². The molecule has 1 aromatic heterocycles. The zero-order valence-electron chi connectivity index (χ0n) is 12.1. The largest absolute Gasteiger partial charge is 0.417 e. The van der Waals surface area contributed by atoms with Gasteiger partial charge in [0.25, 0.3) is 0 Å². The fraction of sp³-hybridized carbons (Fsp3) is 0.250. The van der Waals surface area contributed by atoms with E-state index in [0.717, 1.165) is 17.0 Å². The van der Waals surface area contributed by atoms with Crippen LogP contribution in [0.25, 0.3) is 11.3 Å². The first-order valence-corrected chi connectivity index (χ1v) is 8.55. The Labute approximate surface area is 144 Å². The highest BCUT2D eigenvalue weighted by molar-refractivity contribution is 9.10. The van der Waals surface area contributed by atoms with E-state index >= 15 is 0 Å². The smallest absolute Gasteiger partial charge is 0.240 e. The predicted octanol–water partition coefficient (Wildman–Crippen LogP) is 5.90. The van der Waals surface area contributed by atoms with Crippen LogP contribution in [0.4, 0.5) is 13.2 Å². The number of rotatable bonds is 4. The van der Waals surface area contributed by atoms with E-state index in [1.54, 1.807) is 30.3 Å². The fourth-order valence-electron chi connectivity index (χ4n) is 1.92. The van der Waals surface area contributed by atoms with E-state index < -0.39 is 17.3 Å². The highest BCUT2D eigenvalue weighted by Gasteiger charge is 2.36. The second-order valence-corrected chi connectivity index (χ2v) is 6.70. The maximum atomic E-state index is 13.3. The highest BCUT2D eigenvalue weighted by Crippen LogP contribution is 2.38. The number of hydrogen-bond acceptors (Lipinski definition) is 3. The van der Waals surface area contributed by atoms with Crippen LogP contribution < -0.4 is 0 Å². The summed E-state index contributed by atoms with van der Waals surface area (Å²) in [4.78, 5) is 4.28. The van der Waals surface area contributed by atoms with Crippen molar-refractivity contribution in [3.05, 3.63) is 45.9 Å². The molecule has 2 nitrogen and oxygen atoms in total. The molecule has 1 heterocycles. The molecule has 23 heavy (non-hydrogen) atoms. The number of thioether (sulfide) groups is 1. The lowest BCUT2D eigenvalue weighted by molar-refractivity contribution is -0.138. The molecule has 120 valence electrons. The molecule has 2 rings (SSSR count). The SMILES string of the molecule is CCCSc1nc(-c2ccc(Br)cc2)cc(C(F)(F)F)c1C#N. The molecule has 1 aromatic carbocycles. The average molecular weight is 401 g/mol. The Morgan fingerprint density at radius 1 is 1.26 bits per heavy atom. The van der Waals surface area contributed by atoms with Gasteiger partial charge in [-0.3, -0.25) is 0 Å². The third-order valence-corrected chi connectivity index (χ3v) is 4.70. The molecule has 0 aliphatic carbocycles. The third kappa shape index (κ3) is 4.27. The summed E-state index contributed by atoms with van der Waals surface area (Å²) in [5.41, 5.74) is -0.563. The molecule has 0 saturated carbocycles. The normalized spacial score (nSPS) is 11.3. The lowest BCUT2D eigenvalue weighted by Crippen LogP contribution is -2.10. The standard InChI is InChI=1S/C16H12BrF3N2S/c1-2-7-23-15-12(9-21)13(16(18,19)20)8-14(22-15)10-3-5-11(17)6-4-10/h3-6,8H,2,7H2,1H3. The Hall–Kier alpha value is -1.52. The second-order valence-electron chi connectivity index (χ2n) is 4.70. The second kappa shape index (κ2) is 7.37. The molecule has 0 bridgehead atoms. The summed E-state index contributed by atoms with van der Waals surface area (Å²) in [6, 6.07) is 9.45. The first kappa shape index (κ1) is 17.8. The molecule has 7 heteroatoms. The summed E-state index contributed by atoms with van der Waals surface area (Å²) in [5, 5.41) is 9.28. The van der Waals surface area contributed by atoms with Gasteiger partial charge in [0.05, 0.1) is 16.8 Å². The van der Waals surface area contributed by atoms with Gasteiger partial charge in [-0.05, 0) is 30.4 Å². The number of benzene rings is 1. The van der Waals surface area contributed by atoms with Gasteiger partial charge in [-0.2, -0.15) is 18.4 Å². The maximum Gasteiger partial charge on any atom is 0.417 e. The molecular weight excluding hydrogens is 389 g/mol. The van der Waals surface area contributed by atoms with E-state index in [4.69, 9.17) is 5.26 Å². The first-order chi connectivity index (χ1) is 10.9. The molecule has 0 N–H and O–H groups in total. The van der Waals surface area contributed by atoms with Gasteiger partial charge in [0, 0.05) is 10.0 Å². The van der Waals surface area contributed by atoms with Gasteiger partial charge in [-0.25, -0.2) is 4.98 Å². The topological polar surface area (TPSA) is 36.7 Å². The minimum atomic E-state index is -4.60. The van der Waals surface area contributed by atoms with Crippen molar-refractivity contribution in [3.8, 4) is 17.3 Å². The molecule has 0 radical (unpaired) electrons. The van der Waals surface area contributed by atoms with Gasteiger partial charge in [0.2, 0.25) is 0 Å². The molecule has 0 amide bonds. The number of aromatic nitrogens is 1. The monoisotopic (exact) mass is 400 g/mol. The van der Waals surface area contributed by atoms with Crippen molar-refractivity contribution in [1.82, 2.24) is 4.98 Å². The van der Waals surface area contributed by atoms with Crippen molar-refractivity contribution < 1.29 is 13.2 Å². The van der Waals surface area contributed by atoms with Crippen LogP contribution in [0, 0.1) is 11.3 Å². The minimum absolute atomic E-state index is 0.127. The van der Waals surface area contributed by atoms with Crippen molar-refractivity contribution in [3.63, 3.8) is 0 Å². The zero-order chi connectivity index (χ0) is 17.0. The van der Waals surface area contributed by atoms with Crippen LogP contribution in [0.2, 0.25) is 0 Å². The van der Waals surface area contributed by atoms with Crippen molar-refractivity contribution in [1.29, 1.82) is 5.26 Å². The average Bonchev–Trinajstić information content (AvgIpc) is 2.51. The van der Waals surface area contributed by atoms with Crippen LogP contribution in [0.15, 0.2) is 39.8 Å². The first-order valence-electron chi connectivity index (χ1n) is 6.78. The van der Waals surface area contributed by atoms with Crippen LogP contribution >= 0.6 is 27.7 Å². The lowest BCUT2D eigenvalue weighted by atomic mass is 10.1. The molecule has 2 aromatic rings. The van der Waals surface area contributed by atoms with E-state index in [0.29, 0.717) is 11.3 Å². The Balaban J connectivity index is 2.64. The Bertz CT molecular complexity index is 737. The number of alkyl halides is 3. The molecule has 0 aliphatic heterocycles. The Morgan fingerprint density at radius 2 is 1.91 bits per heavy atom. The zero-order valence-corrected chi connectivity index (χ0v) is 14.5. The molecular formula is C16H12BrF3N2S. The van der Waals surface area contributed by atoms with E-state index in [1.165, 1.54) is 11.8 Å². The van der Waals surface area contributed by atoms with E-state index in [9.17, 15) is 13.2 Å². The quantitative estimate of drug-likeness (QED) is 0.599. The van der Waals surface area contributed by atoms with Crippen molar-refractivity contribution in [2.75, 3.05) is 5.75 Å². The van der Waals surface area contributed by atoms with Crippen LogP contribution in [-0.2, 0) is 6.18 Å². The van der Waals surface area contributed by atoms with Gasteiger partial charge in [-0.15, -0.1) is 11.8 Å². The number of hydrogen-bond donors (Lipinski definition) is 0. The van der Waals surface area contributed by atoms with Gasteiger partial charge >= 0.3 is 6.18 Å². The molecule has 0 unspecified atom stereocenters. The van der Waals surface area contributed by atoms with Gasteiger partial charge in [0.15, 0.2) is 0 Å². The highest BCUT2D eigenvalue weighted by atomic mass is 79.9. The van der Waals surface area contributed by atoms with E-state index in [1.807, 2.05) is 6.92 Å². The van der Waals surface area contributed by atoms with Crippen LogP contribution in [0.1, 0.15) is 24.5 Å². The lowest BCUT2D eigenvalue weighted by Gasteiger charge is -2.14. The number of nitriles is 1. The summed E-state index contributed by atoms with van der Waals surface area (Å²) in [5.74, 6) is 0.600. The molecule has 0 aliphatic rings. The molecule has 0 atom stereocenters. The van der Waals surface area contributed by atoms with E-state index in [-0.39, 0.29) is 10.7 Å². The Morgan fingerprint density at radius 3 is 2.43 bits per heavy atom. The maximum absolute atomic E-state index is 13.3. The third-order valence-electron chi connectivity index (χ3n) is 2.99. The van der Waals surface area contributed by atoms with E-state index in [2.05, 4.69) is 20.9 Å². The van der Waals surface area contributed by atoms with Crippen LogP contribution in [-0.4, -0.2) is 10.7 Å². The number of halogens is 4. The summed E-state index contributed by atoms with van der Waals surface area (Å²) in [6.45, 7) is 1.92. The summed E-state index contributed by atoms with van der Waals surface area (Å²) in [7, 11) is 0.